The van der Waals surface area contributed by atoms with Gasteiger partial charge in [0.25, 0.3) is 0 Å². The highest BCUT2D eigenvalue weighted by atomic mass is 14.3. The lowest BCUT2D eigenvalue weighted by atomic mass is 9.71. The summed E-state index contributed by atoms with van der Waals surface area (Å²) in [5.74, 6) is 0. The summed E-state index contributed by atoms with van der Waals surface area (Å²) in [4.78, 5) is 0. The molecule has 0 heterocycles. The summed E-state index contributed by atoms with van der Waals surface area (Å²) in [6.45, 7) is 9.37. The van der Waals surface area contributed by atoms with Crippen molar-refractivity contribution in [3.05, 3.63) is 0 Å². The van der Waals surface area contributed by atoms with Gasteiger partial charge in [0.1, 0.15) is 0 Å². The van der Waals surface area contributed by atoms with Crippen LogP contribution in [0.5, 0.6) is 0 Å². The van der Waals surface area contributed by atoms with Crippen LogP contribution in [-0.4, -0.2) is 0 Å². The summed E-state index contributed by atoms with van der Waals surface area (Å²) in [6, 6.07) is 0. The fourth-order valence-corrected chi connectivity index (χ4v) is 4.08. The maximum atomic E-state index is 2.37. The van der Waals surface area contributed by atoms with Crippen LogP contribution in [0.15, 0.2) is 0 Å². The fourth-order valence-electron chi connectivity index (χ4n) is 4.08. The zero-order valence-corrected chi connectivity index (χ0v) is 17.2. The van der Waals surface area contributed by atoms with Crippen molar-refractivity contribution in [3.63, 3.8) is 0 Å². The molecule has 0 aliphatic heterocycles. The second-order valence-electron chi connectivity index (χ2n) is 8.04. The fraction of sp³-hybridized carbons (Fsp3) is 1.00. The van der Waals surface area contributed by atoms with Crippen LogP contribution >= 0.6 is 0 Å². The Morgan fingerprint density at radius 2 is 0.652 bits per heavy atom. The number of unbranched alkanes of at least 4 members (excludes halogenated alkanes) is 10. The van der Waals surface area contributed by atoms with Crippen molar-refractivity contribution in [3.8, 4) is 0 Å². The molecule has 0 saturated heterocycles. The Morgan fingerprint density at radius 3 is 1.13 bits per heavy atom. The number of hydrogen-bond donors (Lipinski definition) is 0. The van der Waals surface area contributed by atoms with Gasteiger partial charge in [-0.2, -0.15) is 0 Å². The first-order valence-corrected chi connectivity index (χ1v) is 11.2. The lowest BCUT2D eigenvalue weighted by Crippen LogP contribution is -2.21. The van der Waals surface area contributed by atoms with Gasteiger partial charge in [-0.05, 0) is 31.1 Å². The van der Waals surface area contributed by atoms with Gasteiger partial charge in [0.15, 0.2) is 0 Å². The van der Waals surface area contributed by atoms with Crippen molar-refractivity contribution in [2.24, 2.45) is 5.41 Å². The Morgan fingerprint density at radius 1 is 0.348 bits per heavy atom. The van der Waals surface area contributed by atoms with Gasteiger partial charge in [-0.15, -0.1) is 0 Å². The van der Waals surface area contributed by atoms with Crippen LogP contribution in [0.25, 0.3) is 0 Å². The molecule has 0 saturated carbocycles. The summed E-state index contributed by atoms with van der Waals surface area (Å²) in [5.41, 5.74) is 0.700. The molecule has 0 N–H and O–H groups in total. The third-order valence-electron chi connectivity index (χ3n) is 5.74. The molecular weight excluding hydrogens is 276 g/mol. The van der Waals surface area contributed by atoms with Crippen LogP contribution in [0.4, 0.5) is 0 Å². The number of rotatable bonds is 18. The van der Waals surface area contributed by atoms with Gasteiger partial charge in [0.05, 0.1) is 0 Å². The minimum Gasteiger partial charge on any atom is -0.0654 e. The van der Waals surface area contributed by atoms with Gasteiger partial charge in [-0.3, -0.25) is 0 Å². The zero-order valence-electron chi connectivity index (χ0n) is 17.2. The quantitative estimate of drug-likeness (QED) is 0.220. The highest BCUT2D eigenvalue weighted by Crippen LogP contribution is 2.41. The minimum absolute atomic E-state index is 0.700. The van der Waals surface area contributed by atoms with Crippen molar-refractivity contribution in [1.82, 2.24) is 0 Å². The first-order chi connectivity index (χ1) is 11.2. The van der Waals surface area contributed by atoms with Crippen molar-refractivity contribution >= 4 is 0 Å². The standard InChI is InChI=1S/C23H48/c1-5-9-13-15-18-22-23(19-12-8-4,20-16-11-7-3)21-17-14-10-6-2/h5-22H2,1-4H3. The predicted octanol–water partition coefficient (Wildman–Crippen LogP) is 9.07. The molecule has 0 spiro atoms. The Balaban J connectivity index is 4.47. The molecule has 1 unspecified atom stereocenters. The Kier molecular flexibility index (Phi) is 16.8. The predicted molar refractivity (Wildman–Crippen MR) is 108 cm³/mol. The SMILES string of the molecule is CCCCCCCC(CCCC)(CCCCC)CCCCCC. The average molecular weight is 325 g/mol. The van der Waals surface area contributed by atoms with E-state index in [-0.39, 0.29) is 0 Å². The van der Waals surface area contributed by atoms with E-state index in [2.05, 4.69) is 27.7 Å². The van der Waals surface area contributed by atoms with E-state index in [1.54, 1.807) is 0 Å². The molecule has 0 bridgehead atoms. The summed E-state index contributed by atoms with van der Waals surface area (Å²) >= 11 is 0. The topological polar surface area (TPSA) is 0 Å². The highest BCUT2D eigenvalue weighted by Gasteiger charge is 2.27. The average Bonchev–Trinajstić information content (AvgIpc) is 2.57. The van der Waals surface area contributed by atoms with Crippen molar-refractivity contribution in [2.75, 3.05) is 0 Å². The molecule has 0 rings (SSSR count). The van der Waals surface area contributed by atoms with Gasteiger partial charge >= 0.3 is 0 Å². The van der Waals surface area contributed by atoms with Crippen molar-refractivity contribution in [1.29, 1.82) is 0 Å². The second kappa shape index (κ2) is 16.8. The molecule has 0 amide bonds. The summed E-state index contributed by atoms with van der Waals surface area (Å²) in [7, 11) is 0. The molecule has 0 fully saturated rings. The molecule has 0 aliphatic rings. The molecule has 1 atom stereocenters. The lowest BCUT2D eigenvalue weighted by Gasteiger charge is -2.35. The third-order valence-corrected chi connectivity index (χ3v) is 5.74. The second-order valence-corrected chi connectivity index (χ2v) is 8.04. The Labute approximate surface area is 149 Å². The maximum Gasteiger partial charge on any atom is -0.0297 e. The van der Waals surface area contributed by atoms with Crippen LogP contribution in [0.1, 0.15) is 143 Å². The first-order valence-electron chi connectivity index (χ1n) is 11.2. The summed E-state index contributed by atoms with van der Waals surface area (Å²) < 4.78 is 0. The molecule has 0 aromatic rings. The van der Waals surface area contributed by atoms with Crippen LogP contribution < -0.4 is 0 Å². The van der Waals surface area contributed by atoms with Gasteiger partial charge in [-0.1, -0.05) is 118 Å². The number of hydrogen-bond acceptors (Lipinski definition) is 0. The van der Waals surface area contributed by atoms with E-state index in [1.165, 1.54) is 116 Å². The summed E-state index contributed by atoms with van der Waals surface area (Å²) in [6.07, 6.45) is 26.2. The smallest absolute Gasteiger partial charge is 0.0297 e. The van der Waals surface area contributed by atoms with E-state index < -0.39 is 0 Å². The van der Waals surface area contributed by atoms with Crippen LogP contribution in [0, 0.1) is 5.41 Å². The van der Waals surface area contributed by atoms with Gasteiger partial charge in [0, 0.05) is 0 Å². The molecule has 0 aromatic carbocycles. The Bertz CT molecular complexity index is 220. The van der Waals surface area contributed by atoms with E-state index in [4.69, 9.17) is 0 Å². The molecule has 0 nitrogen and oxygen atoms in total. The van der Waals surface area contributed by atoms with Crippen LogP contribution in [-0.2, 0) is 0 Å². The largest absolute Gasteiger partial charge is 0.0654 e. The molecule has 0 heteroatoms. The third kappa shape index (κ3) is 13.0. The summed E-state index contributed by atoms with van der Waals surface area (Å²) in [5, 5.41) is 0. The zero-order chi connectivity index (χ0) is 17.2. The molecule has 0 aromatic heterocycles. The van der Waals surface area contributed by atoms with Crippen LogP contribution in [0.2, 0.25) is 0 Å². The first kappa shape index (κ1) is 23.0. The molecule has 0 radical (unpaired) electrons. The van der Waals surface area contributed by atoms with Crippen LogP contribution in [0.3, 0.4) is 0 Å². The van der Waals surface area contributed by atoms with E-state index in [9.17, 15) is 0 Å². The van der Waals surface area contributed by atoms with Gasteiger partial charge in [-0.25, -0.2) is 0 Å². The molecular formula is C23H48. The van der Waals surface area contributed by atoms with Gasteiger partial charge < -0.3 is 0 Å². The van der Waals surface area contributed by atoms with Crippen molar-refractivity contribution in [2.45, 2.75) is 143 Å². The Hall–Kier alpha value is 0. The molecule has 0 aliphatic carbocycles. The minimum atomic E-state index is 0.700. The van der Waals surface area contributed by atoms with E-state index in [0.717, 1.165) is 0 Å². The highest BCUT2D eigenvalue weighted by molar-refractivity contribution is 4.80. The molecule has 23 heavy (non-hydrogen) atoms. The van der Waals surface area contributed by atoms with E-state index >= 15 is 0 Å². The van der Waals surface area contributed by atoms with E-state index in [0.29, 0.717) is 5.41 Å². The van der Waals surface area contributed by atoms with E-state index in [1.807, 2.05) is 0 Å². The lowest BCUT2D eigenvalue weighted by molar-refractivity contribution is 0.173. The van der Waals surface area contributed by atoms with Gasteiger partial charge in [0.2, 0.25) is 0 Å². The maximum absolute atomic E-state index is 2.37. The monoisotopic (exact) mass is 324 g/mol. The normalized spacial score (nSPS) is 14.1. The van der Waals surface area contributed by atoms with Crippen molar-refractivity contribution < 1.29 is 0 Å². The molecule has 140 valence electrons.